The van der Waals surface area contributed by atoms with Crippen LogP contribution >= 0.6 is 0 Å². The van der Waals surface area contributed by atoms with Crippen molar-refractivity contribution in [2.75, 3.05) is 20.2 Å². The van der Waals surface area contributed by atoms with E-state index in [4.69, 9.17) is 14.2 Å². The van der Waals surface area contributed by atoms with Gasteiger partial charge in [-0.05, 0) is 37.3 Å². The van der Waals surface area contributed by atoms with Gasteiger partial charge in [-0.1, -0.05) is 18.2 Å². The highest BCUT2D eigenvalue weighted by Crippen LogP contribution is 2.48. The molecule has 4 heterocycles. The van der Waals surface area contributed by atoms with Crippen LogP contribution in [0.25, 0.3) is 10.9 Å². The fourth-order valence-corrected chi connectivity index (χ4v) is 5.88. The van der Waals surface area contributed by atoms with Crippen LogP contribution in [0.15, 0.2) is 24.3 Å². The number of benzene rings is 1. The molecule has 7 nitrogen and oxygen atoms in total. The predicted molar refractivity (Wildman–Crippen MR) is 110 cm³/mol. The number of carbonyl (C=O) groups is 2. The van der Waals surface area contributed by atoms with Gasteiger partial charge in [0, 0.05) is 37.7 Å². The van der Waals surface area contributed by atoms with Gasteiger partial charge in [0.25, 0.3) is 0 Å². The summed E-state index contributed by atoms with van der Waals surface area (Å²) in [5.41, 5.74) is 3.24. The average molecular weight is 412 g/mol. The number of methoxy groups -OCH3 is 1. The van der Waals surface area contributed by atoms with E-state index in [0.29, 0.717) is 18.3 Å². The van der Waals surface area contributed by atoms with Gasteiger partial charge in [0.1, 0.15) is 0 Å². The van der Waals surface area contributed by atoms with Crippen LogP contribution in [0.4, 0.5) is 4.79 Å². The van der Waals surface area contributed by atoms with E-state index >= 15 is 0 Å². The lowest BCUT2D eigenvalue weighted by molar-refractivity contribution is -0.228. The van der Waals surface area contributed by atoms with Gasteiger partial charge >= 0.3 is 12.1 Å². The Hall–Kier alpha value is -2.38. The first-order chi connectivity index (χ1) is 14.5. The van der Waals surface area contributed by atoms with Gasteiger partial charge in [0.2, 0.25) is 6.29 Å². The van der Waals surface area contributed by atoms with Crippen LogP contribution in [0.5, 0.6) is 0 Å². The number of esters is 1. The largest absolute Gasteiger partial charge is 0.452 e. The number of carbonyl (C=O) groups excluding carboxylic acids is 2. The summed E-state index contributed by atoms with van der Waals surface area (Å²) in [4.78, 5) is 26.7. The first-order valence-corrected chi connectivity index (χ1v) is 10.7. The summed E-state index contributed by atoms with van der Waals surface area (Å²) in [6.07, 6.45) is 1.73. The first-order valence-electron chi connectivity index (χ1n) is 10.7. The van der Waals surface area contributed by atoms with Crippen molar-refractivity contribution in [3.8, 4) is 0 Å². The number of ether oxygens (including phenoxy) is 3. The quantitative estimate of drug-likeness (QED) is 0.668. The van der Waals surface area contributed by atoms with E-state index in [1.165, 1.54) is 19.6 Å². The lowest BCUT2D eigenvalue weighted by Gasteiger charge is -2.51. The number of hydrogen-bond acceptors (Lipinski definition) is 6. The monoisotopic (exact) mass is 412 g/mol. The molecule has 0 aliphatic carbocycles. The molecule has 0 saturated carbocycles. The Morgan fingerprint density at radius 3 is 2.77 bits per heavy atom. The highest BCUT2D eigenvalue weighted by Gasteiger charge is 2.47. The van der Waals surface area contributed by atoms with Crippen LogP contribution < -0.4 is 0 Å². The average Bonchev–Trinajstić information content (AvgIpc) is 3.06. The molecule has 0 bridgehead atoms. The van der Waals surface area contributed by atoms with Gasteiger partial charge in [-0.25, -0.2) is 9.36 Å². The van der Waals surface area contributed by atoms with E-state index in [1.54, 1.807) is 4.57 Å². The Kier molecular flexibility index (Phi) is 4.82. The van der Waals surface area contributed by atoms with E-state index in [-0.39, 0.29) is 24.2 Å². The van der Waals surface area contributed by atoms with Gasteiger partial charge in [0.15, 0.2) is 0 Å². The number of aromatic nitrogens is 1. The summed E-state index contributed by atoms with van der Waals surface area (Å²) in [6.45, 7) is 5.39. The number of nitrogens with zero attached hydrogens (tertiary/aromatic N) is 2. The summed E-state index contributed by atoms with van der Waals surface area (Å²) in [7, 11) is 1.44. The van der Waals surface area contributed by atoms with Crippen molar-refractivity contribution in [2.45, 2.75) is 51.5 Å². The standard InChI is InChI=1S/C23H28N2O5/c1-13-18-12-24-9-8-17-16-6-4-5-7-19(16)25(23(27)28-3)22(17)20(24)10-15(18)11-21(29-13)30-14(2)26/h4-7,13,15,18,20-21H,8-12H2,1-3H3/t13-,15+,18-,20-,21-/m0/s1. The molecule has 5 atom stereocenters. The number of piperidine rings is 1. The van der Waals surface area contributed by atoms with Crippen LogP contribution in [0.3, 0.4) is 0 Å². The third kappa shape index (κ3) is 3.03. The van der Waals surface area contributed by atoms with Crippen molar-refractivity contribution in [3.05, 3.63) is 35.5 Å². The SMILES string of the molecule is COC(=O)n1c2c(c3ccccc31)CCN1C[C@@H]3[C@@H](C[C@H](OC(C)=O)O[C@H]3C)C[C@@H]21. The van der Waals surface area contributed by atoms with Crippen molar-refractivity contribution < 1.29 is 23.8 Å². The van der Waals surface area contributed by atoms with E-state index < -0.39 is 6.29 Å². The Balaban J connectivity index is 1.54. The fourth-order valence-electron chi connectivity index (χ4n) is 5.88. The van der Waals surface area contributed by atoms with Crippen molar-refractivity contribution in [1.82, 2.24) is 9.47 Å². The first kappa shape index (κ1) is 19.6. The van der Waals surface area contributed by atoms with Crippen molar-refractivity contribution >= 4 is 23.0 Å². The van der Waals surface area contributed by atoms with Crippen LogP contribution in [0, 0.1) is 11.8 Å². The topological polar surface area (TPSA) is 70.0 Å². The maximum Gasteiger partial charge on any atom is 0.418 e. The molecule has 0 amide bonds. The zero-order valence-corrected chi connectivity index (χ0v) is 17.7. The summed E-state index contributed by atoms with van der Waals surface area (Å²) < 4.78 is 18.3. The molecule has 0 spiro atoms. The smallest absolute Gasteiger partial charge is 0.418 e. The number of para-hydroxylation sites is 1. The molecule has 30 heavy (non-hydrogen) atoms. The summed E-state index contributed by atoms with van der Waals surface area (Å²) in [6, 6.07) is 8.23. The van der Waals surface area contributed by atoms with Crippen LogP contribution in [0.1, 0.15) is 44.0 Å². The molecule has 0 unspecified atom stereocenters. The molecule has 2 aromatic rings. The Bertz CT molecular complexity index is 999. The number of rotatable bonds is 1. The molecule has 2 fully saturated rings. The number of fused-ring (bicyclic) bond motifs is 6. The molecule has 0 N–H and O–H groups in total. The minimum absolute atomic E-state index is 0.0295. The molecular formula is C23H28N2O5. The van der Waals surface area contributed by atoms with Crippen molar-refractivity contribution in [1.29, 1.82) is 0 Å². The molecule has 2 saturated heterocycles. The second kappa shape index (κ2) is 7.39. The summed E-state index contributed by atoms with van der Waals surface area (Å²) in [5.74, 6) is 0.453. The van der Waals surface area contributed by atoms with Gasteiger partial charge in [-0.3, -0.25) is 9.69 Å². The second-order valence-electron chi connectivity index (χ2n) is 8.72. The predicted octanol–water partition coefficient (Wildman–Crippen LogP) is 3.49. The molecule has 1 aromatic heterocycles. The lowest BCUT2D eigenvalue weighted by Crippen LogP contribution is -2.53. The molecule has 5 rings (SSSR count). The zero-order chi connectivity index (χ0) is 21.0. The maximum atomic E-state index is 12.8. The molecule has 160 valence electrons. The molecule has 3 aliphatic rings. The van der Waals surface area contributed by atoms with Gasteiger partial charge in [0.05, 0.1) is 30.5 Å². The van der Waals surface area contributed by atoms with Crippen LogP contribution in [-0.4, -0.2) is 54.1 Å². The van der Waals surface area contributed by atoms with E-state index in [0.717, 1.165) is 42.5 Å². The molecular weight excluding hydrogens is 384 g/mol. The van der Waals surface area contributed by atoms with Crippen LogP contribution in [-0.2, 0) is 25.4 Å². The zero-order valence-electron chi connectivity index (χ0n) is 17.7. The number of hydrogen-bond donors (Lipinski definition) is 0. The summed E-state index contributed by atoms with van der Waals surface area (Å²) >= 11 is 0. The van der Waals surface area contributed by atoms with Crippen molar-refractivity contribution in [3.63, 3.8) is 0 Å². The van der Waals surface area contributed by atoms with Crippen molar-refractivity contribution in [2.24, 2.45) is 11.8 Å². The molecule has 1 aromatic carbocycles. The van der Waals surface area contributed by atoms with E-state index in [9.17, 15) is 9.59 Å². The highest BCUT2D eigenvalue weighted by atomic mass is 16.7. The maximum absolute atomic E-state index is 12.8. The van der Waals surface area contributed by atoms with Crippen LogP contribution in [0.2, 0.25) is 0 Å². The molecule has 0 radical (unpaired) electrons. The Labute approximate surface area is 175 Å². The minimum atomic E-state index is -0.486. The normalized spacial score (nSPS) is 30.8. The van der Waals surface area contributed by atoms with Gasteiger partial charge < -0.3 is 14.2 Å². The summed E-state index contributed by atoms with van der Waals surface area (Å²) in [5, 5.41) is 1.14. The van der Waals surface area contributed by atoms with E-state index in [1.807, 2.05) is 18.2 Å². The Morgan fingerprint density at radius 2 is 2.00 bits per heavy atom. The lowest BCUT2D eigenvalue weighted by atomic mass is 9.73. The second-order valence-corrected chi connectivity index (χ2v) is 8.72. The van der Waals surface area contributed by atoms with E-state index in [2.05, 4.69) is 17.9 Å². The molecule has 3 aliphatic heterocycles. The minimum Gasteiger partial charge on any atom is -0.452 e. The highest BCUT2D eigenvalue weighted by molar-refractivity contribution is 5.94. The fraction of sp³-hybridized carbons (Fsp3) is 0.565. The van der Waals surface area contributed by atoms with Gasteiger partial charge in [-0.15, -0.1) is 0 Å². The third-order valence-electron chi connectivity index (χ3n) is 7.12. The third-order valence-corrected chi connectivity index (χ3v) is 7.12. The Morgan fingerprint density at radius 1 is 1.20 bits per heavy atom. The molecule has 7 heteroatoms. The van der Waals surface area contributed by atoms with Gasteiger partial charge in [-0.2, -0.15) is 0 Å².